The minimum atomic E-state index is -0.200. The van der Waals surface area contributed by atoms with E-state index in [0.29, 0.717) is 6.54 Å². The average molecular weight is 441 g/mol. The van der Waals surface area contributed by atoms with Gasteiger partial charge < -0.3 is 15.4 Å². The summed E-state index contributed by atoms with van der Waals surface area (Å²) in [6.45, 7) is 1.33. The lowest BCUT2D eigenvalue weighted by Gasteiger charge is -2.12. The molecule has 2 heterocycles. The Morgan fingerprint density at radius 2 is 1.85 bits per heavy atom. The van der Waals surface area contributed by atoms with Crippen LogP contribution in [0.3, 0.4) is 0 Å². The molecule has 0 unspecified atom stereocenters. The van der Waals surface area contributed by atoms with Gasteiger partial charge >= 0.3 is 6.03 Å². The molecule has 6 nitrogen and oxygen atoms in total. The maximum Gasteiger partial charge on any atom is 0.319 e. The van der Waals surface area contributed by atoms with Gasteiger partial charge in [-0.3, -0.25) is 4.57 Å². The van der Waals surface area contributed by atoms with E-state index in [1.807, 2.05) is 48.5 Å². The van der Waals surface area contributed by atoms with Crippen LogP contribution in [0.2, 0.25) is 0 Å². The molecule has 1 aliphatic rings. The summed E-state index contributed by atoms with van der Waals surface area (Å²) in [5.41, 5.74) is 5.15. The fourth-order valence-corrected chi connectivity index (χ4v) is 4.36. The number of amides is 2. The number of rotatable bonds is 7. The lowest BCUT2D eigenvalue weighted by molar-refractivity contribution is 0.112. The molecule has 1 saturated heterocycles. The minimum absolute atomic E-state index is 0.131. The van der Waals surface area contributed by atoms with Gasteiger partial charge in [-0.15, -0.1) is 0 Å². The molecule has 1 atom stereocenters. The van der Waals surface area contributed by atoms with E-state index in [1.165, 1.54) is 0 Å². The number of fused-ring (bicyclic) bond motifs is 1. The molecule has 1 aliphatic heterocycles. The molecular formula is C27H28N4O2. The van der Waals surface area contributed by atoms with Gasteiger partial charge in [0, 0.05) is 30.9 Å². The van der Waals surface area contributed by atoms with Gasteiger partial charge in [0.05, 0.1) is 17.1 Å². The Morgan fingerprint density at radius 3 is 2.70 bits per heavy atom. The molecule has 3 aromatic carbocycles. The molecule has 168 valence electrons. The van der Waals surface area contributed by atoms with E-state index in [2.05, 4.69) is 45.5 Å². The highest BCUT2D eigenvalue weighted by atomic mass is 16.5. The number of aromatic nitrogens is 2. The molecule has 2 amide bonds. The van der Waals surface area contributed by atoms with Crippen LogP contribution in [-0.2, 0) is 17.6 Å². The summed E-state index contributed by atoms with van der Waals surface area (Å²) in [5, 5.41) is 5.84. The highest BCUT2D eigenvalue weighted by molar-refractivity contribution is 5.89. The topological polar surface area (TPSA) is 68.2 Å². The molecule has 0 spiro atoms. The van der Waals surface area contributed by atoms with Crippen LogP contribution in [0.1, 0.15) is 24.2 Å². The minimum Gasteiger partial charge on any atom is -0.376 e. The quantitative estimate of drug-likeness (QED) is 0.420. The Balaban J connectivity index is 1.28. The summed E-state index contributed by atoms with van der Waals surface area (Å²) in [7, 11) is 0. The standard InChI is InChI=1S/C27H28N4O2/c32-27(28-19-23-12-7-17-33-23)29-21-9-6-8-20(18-21)15-16-26-30-24-13-4-5-14-25(24)31(26)22-10-2-1-3-11-22/h1-6,8-11,13-14,18,23H,7,12,15-17,19H2,(H2,28,29,32)/t23-/m0/s1. The summed E-state index contributed by atoms with van der Waals surface area (Å²) in [6.07, 6.45) is 3.81. The maximum absolute atomic E-state index is 12.3. The number of ether oxygens (including phenoxy) is 1. The Morgan fingerprint density at radius 1 is 1.00 bits per heavy atom. The van der Waals surface area contributed by atoms with Crippen molar-refractivity contribution in [1.29, 1.82) is 0 Å². The van der Waals surface area contributed by atoms with Gasteiger partial charge in [0.2, 0.25) is 0 Å². The van der Waals surface area contributed by atoms with E-state index >= 15 is 0 Å². The number of anilines is 1. The molecule has 0 aliphatic carbocycles. The zero-order valence-electron chi connectivity index (χ0n) is 18.5. The summed E-state index contributed by atoms with van der Waals surface area (Å²) >= 11 is 0. The number of carbonyl (C=O) groups excluding carboxylic acids is 1. The van der Waals surface area contributed by atoms with Crippen molar-refractivity contribution in [3.8, 4) is 5.69 Å². The van der Waals surface area contributed by atoms with Crippen molar-refractivity contribution in [3.63, 3.8) is 0 Å². The van der Waals surface area contributed by atoms with E-state index in [1.54, 1.807) is 0 Å². The summed E-state index contributed by atoms with van der Waals surface area (Å²) in [5.74, 6) is 1.02. The number of hydrogen-bond donors (Lipinski definition) is 2. The normalized spacial score (nSPS) is 15.6. The van der Waals surface area contributed by atoms with Crippen LogP contribution < -0.4 is 10.6 Å². The van der Waals surface area contributed by atoms with Gasteiger partial charge in [-0.05, 0) is 61.2 Å². The van der Waals surface area contributed by atoms with Crippen molar-refractivity contribution in [3.05, 3.63) is 90.3 Å². The average Bonchev–Trinajstić information content (AvgIpc) is 3.50. The maximum atomic E-state index is 12.3. The predicted octanol–water partition coefficient (Wildman–Crippen LogP) is 5.11. The van der Waals surface area contributed by atoms with Gasteiger partial charge in [0.25, 0.3) is 0 Å². The van der Waals surface area contributed by atoms with Crippen LogP contribution in [0.4, 0.5) is 10.5 Å². The first-order valence-electron chi connectivity index (χ1n) is 11.5. The number of benzene rings is 3. The fraction of sp³-hybridized carbons (Fsp3) is 0.259. The third kappa shape index (κ3) is 5.07. The summed E-state index contributed by atoms with van der Waals surface area (Å²) in [6, 6.07) is 26.4. The van der Waals surface area contributed by atoms with Crippen molar-refractivity contribution in [1.82, 2.24) is 14.9 Å². The second kappa shape index (κ2) is 9.88. The van der Waals surface area contributed by atoms with E-state index in [4.69, 9.17) is 9.72 Å². The van der Waals surface area contributed by atoms with Gasteiger partial charge in [0.15, 0.2) is 0 Å². The van der Waals surface area contributed by atoms with Crippen molar-refractivity contribution < 1.29 is 9.53 Å². The Hall–Kier alpha value is -3.64. The third-order valence-corrected chi connectivity index (χ3v) is 5.98. The smallest absolute Gasteiger partial charge is 0.319 e. The Kier molecular flexibility index (Phi) is 6.35. The van der Waals surface area contributed by atoms with Crippen molar-refractivity contribution >= 4 is 22.8 Å². The number of hydrogen-bond acceptors (Lipinski definition) is 3. The van der Waals surface area contributed by atoms with E-state index in [9.17, 15) is 4.79 Å². The van der Waals surface area contributed by atoms with Crippen LogP contribution in [0.5, 0.6) is 0 Å². The lowest BCUT2D eigenvalue weighted by atomic mass is 10.1. The van der Waals surface area contributed by atoms with Crippen LogP contribution in [0, 0.1) is 0 Å². The molecular weight excluding hydrogens is 412 g/mol. The summed E-state index contributed by atoms with van der Waals surface area (Å²) in [4.78, 5) is 17.2. The first kappa shape index (κ1) is 21.2. The first-order chi connectivity index (χ1) is 16.3. The Labute approximate surface area is 193 Å². The molecule has 6 heteroatoms. The molecule has 0 saturated carbocycles. The van der Waals surface area contributed by atoms with E-state index < -0.39 is 0 Å². The van der Waals surface area contributed by atoms with Crippen molar-refractivity contribution in [2.75, 3.05) is 18.5 Å². The van der Waals surface area contributed by atoms with Crippen molar-refractivity contribution in [2.45, 2.75) is 31.8 Å². The predicted molar refractivity (Wildman–Crippen MR) is 131 cm³/mol. The second-order valence-corrected chi connectivity index (χ2v) is 8.36. The van der Waals surface area contributed by atoms with E-state index in [0.717, 1.165) is 66.1 Å². The molecule has 0 bridgehead atoms. The second-order valence-electron chi connectivity index (χ2n) is 8.36. The number of imidazole rings is 1. The number of urea groups is 1. The molecule has 2 N–H and O–H groups in total. The molecule has 1 aromatic heterocycles. The largest absolute Gasteiger partial charge is 0.376 e. The summed E-state index contributed by atoms with van der Waals surface area (Å²) < 4.78 is 7.79. The van der Waals surface area contributed by atoms with Crippen LogP contribution in [0.15, 0.2) is 78.9 Å². The molecule has 1 fully saturated rings. The monoisotopic (exact) mass is 440 g/mol. The van der Waals surface area contributed by atoms with Gasteiger partial charge in [0.1, 0.15) is 5.82 Å². The highest BCUT2D eigenvalue weighted by Gasteiger charge is 2.16. The molecule has 4 aromatic rings. The van der Waals surface area contributed by atoms with Gasteiger partial charge in [-0.2, -0.15) is 0 Å². The SMILES string of the molecule is O=C(NC[C@@H]1CCCO1)Nc1cccc(CCc2nc3ccccc3n2-c2ccccc2)c1. The number of aryl methyl sites for hydroxylation is 2. The zero-order valence-corrected chi connectivity index (χ0v) is 18.5. The molecule has 0 radical (unpaired) electrons. The lowest BCUT2D eigenvalue weighted by Crippen LogP contribution is -2.35. The van der Waals surface area contributed by atoms with Crippen LogP contribution in [0.25, 0.3) is 16.7 Å². The number of carbonyl (C=O) groups is 1. The van der Waals surface area contributed by atoms with Crippen LogP contribution in [-0.4, -0.2) is 34.8 Å². The van der Waals surface area contributed by atoms with Gasteiger partial charge in [-0.1, -0.05) is 42.5 Å². The number of para-hydroxylation sites is 3. The first-order valence-corrected chi connectivity index (χ1v) is 11.5. The number of nitrogens with zero attached hydrogens (tertiary/aromatic N) is 2. The fourth-order valence-electron chi connectivity index (χ4n) is 4.36. The molecule has 33 heavy (non-hydrogen) atoms. The van der Waals surface area contributed by atoms with Gasteiger partial charge in [-0.25, -0.2) is 9.78 Å². The highest BCUT2D eigenvalue weighted by Crippen LogP contribution is 2.23. The van der Waals surface area contributed by atoms with Crippen LogP contribution >= 0.6 is 0 Å². The third-order valence-electron chi connectivity index (χ3n) is 5.98. The van der Waals surface area contributed by atoms with Crippen molar-refractivity contribution in [2.24, 2.45) is 0 Å². The number of nitrogens with one attached hydrogen (secondary N) is 2. The van der Waals surface area contributed by atoms with E-state index in [-0.39, 0.29) is 12.1 Å². The zero-order chi connectivity index (χ0) is 22.5. The Bertz CT molecular complexity index is 1230. The molecule has 5 rings (SSSR count).